The molecule has 0 aliphatic heterocycles. The third-order valence-corrected chi connectivity index (χ3v) is 7.36. The molecule has 176 valence electrons. The summed E-state index contributed by atoms with van der Waals surface area (Å²) in [4.78, 5) is 5.32. The standard InChI is InChI=1S/C27H22ClN3O3S/c1-16-13-23(18-4-7-24(28)17(2)12-18)25(33-3)15-22(16)27-21-6-5-20(14-19(21)8-10-29-27)35(32)31-26-9-11-34-30-26/h4-15H,1-3H3,(H,30,31). The van der Waals surface area contributed by atoms with Crippen LogP contribution in [0.2, 0.25) is 5.02 Å². The van der Waals surface area contributed by atoms with Crippen LogP contribution in [0.1, 0.15) is 11.1 Å². The first-order chi connectivity index (χ1) is 16.9. The van der Waals surface area contributed by atoms with Crippen LogP contribution in [0, 0.1) is 13.8 Å². The van der Waals surface area contributed by atoms with Crippen molar-refractivity contribution in [2.75, 3.05) is 11.8 Å². The van der Waals surface area contributed by atoms with E-state index in [9.17, 15) is 4.21 Å². The number of anilines is 1. The number of hydrogen-bond donors (Lipinski definition) is 1. The second-order valence-electron chi connectivity index (χ2n) is 8.13. The van der Waals surface area contributed by atoms with Crippen LogP contribution in [0.4, 0.5) is 5.82 Å². The molecule has 1 unspecified atom stereocenters. The van der Waals surface area contributed by atoms with E-state index in [2.05, 4.69) is 33.9 Å². The first-order valence-electron chi connectivity index (χ1n) is 10.9. The van der Waals surface area contributed by atoms with Gasteiger partial charge in [-0.05, 0) is 78.4 Å². The molecule has 0 aliphatic carbocycles. The van der Waals surface area contributed by atoms with Gasteiger partial charge in [0.25, 0.3) is 0 Å². The number of methoxy groups -OCH3 is 1. The monoisotopic (exact) mass is 503 g/mol. The SMILES string of the molecule is COc1cc(-c2nccc3cc(S(=O)Nc4ccon4)ccc23)c(C)cc1-c1ccc(Cl)c(C)c1. The molecule has 0 saturated heterocycles. The molecule has 35 heavy (non-hydrogen) atoms. The third kappa shape index (κ3) is 4.52. The van der Waals surface area contributed by atoms with Crippen LogP contribution in [-0.4, -0.2) is 21.5 Å². The minimum Gasteiger partial charge on any atom is -0.496 e. The van der Waals surface area contributed by atoms with Crippen molar-refractivity contribution in [1.82, 2.24) is 10.1 Å². The van der Waals surface area contributed by atoms with E-state index in [4.69, 9.17) is 20.9 Å². The first kappa shape index (κ1) is 23.1. The molecule has 5 rings (SSSR count). The van der Waals surface area contributed by atoms with E-state index in [1.54, 1.807) is 19.4 Å². The summed E-state index contributed by atoms with van der Waals surface area (Å²) in [7, 11) is 0.188. The maximum Gasteiger partial charge on any atom is 0.181 e. The highest BCUT2D eigenvalue weighted by molar-refractivity contribution is 7.86. The molecular weight excluding hydrogens is 482 g/mol. The number of fused-ring (bicyclic) bond motifs is 1. The lowest BCUT2D eigenvalue weighted by Crippen LogP contribution is -2.04. The van der Waals surface area contributed by atoms with Gasteiger partial charge in [-0.1, -0.05) is 28.9 Å². The molecule has 0 spiro atoms. The van der Waals surface area contributed by atoms with Gasteiger partial charge in [-0.2, -0.15) is 0 Å². The highest BCUT2D eigenvalue weighted by atomic mass is 35.5. The molecule has 0 saturated carbocycles. The zero-order chi connectivity index (χ0) is 24.5. The molecule has 0 amide bonds. The van der Waals surface area contributed by atoms with Crippen LogP contribution in [0.5, 0.6) is 5.75 Å². The molecule has 2 aromatic heterocycles. The quantitative estimate of drug-likeness (QED) is 0.271. The fourth-order valence-corrected chi connectivity index (χ4v) is 5.01. The zero-order valence-corrected chi connectivity index (χ0v) is 20.9. The Balaban J connectivity index is 1.56. The van der Waals surface area contributed by atoms with Gasteiger partial charge in [0, 0.05) is 33.8 Å². The summed E-state index contributed by atoms with van der Waals surface area (Å²) in [5.41, 5.74) is 5.90. The summed E-state index contributed by atoms with van der Waals surface area (Å²) in [6.07, 6.45) is 3.19. The summed E-state index contributed by atoms with van der Waals surface area (Å²) < 4.78 is 26.1. The van der Waals surface area contributed by atoms with Crippen molar-refractivity contribution in [1.29, 1.82) is 0 Å². The summed E-state index contributed by atoms with van der Waals surface area (Å²) in [6.45, 7) is 4.05. The van der Waals surface area contributed by atoms with Crippen LogP contribution in [0.15, 0.2) is 82.5 Å². The van der Waals surface area contributed by atoms with Gasteiger partial charge in [0.2, 0.25) is 0 Å². The molecule has 8 heteroatoms. The third-order valence-electron chi connectivity index (χ3n) is 5.86. The zero-order valence-electron chi connectivity index (χ0n) is 19.3. The van der Waals surface area contributed by atoms with E-state index in [-0.39, 0.29) is 0 Å². The normalized spacial score (nSPS) is 12.0. The van der Waals surface area contributed by atoms with Crippen molar-refractivity contribution in [2.45, 2.75) is 18.7 Å². The molecule has 2 heterocycles. The Hall–Kier alpha value is -3.68. The van der Waals surface area contributed by atoms with Gasteiger partial charge in [-0.3, -0.25) is 9.71 Å². The Kier molecular flexibility index (Phi) is 6.28. The number of halogens is 1. The summed E-state index contributed by atoms with van der Waals surface area (Å²) in [6, 6.07) is 19.3. The lowest BCUT2D eigenvalue weighted by molar-refractivity contribution is 0.416. The fraction of sp³-hybridized carbons (Fsp3) is 0.111. The van der Waals surface area contributed by atoms with Crippen LogP contribution in [0.3, 0.4) is 0 Å². The maximum atomic E-state index is 12.7. The number of nitrogens with zero attached hydrogens (tertiary/aromatic N) is 2. The van der Waals surface area contributed by atoms with Gasteiger partial charge in [0.1, 0.15) is 12.0 Å². The molecule has 5 aromatic rings. The molecule has 0 aliphatic rings. The van der Waals surface area contributed by atoms with Gasteiger partial charge in [-0.15, -0.1) is 0 Å². The summed E-state index contributed by atoms with van der Waals surface area (Å²) in [5, 5.41) is 6.37. The average Bonchev–Trinajstić information content (AvgIpc) is 3.38. The molecule has 3 aromatic carbocycles. The minimum absolute atomic E-state index is 0.414. The molecule has 0 fully saturated rings. The van der Waals surface area contributed by atoms with Crippen molar-refractivity contribution in [2.24, 2.45) is 0 Å². The number of aromatic nitrogens is 2. The fourth-order valence-electron chi connectivity index (χ4n) is 4.05. The number of pyridine rings is 1. The lowest BCUT2D eigenvalue weighted by Gasteiger charge is -2.16. The van der Waals surface area contributed by atoms with Crippen molar-refractivity contribution in [3.63, 3.8) is 0 Å². The van der Waals surface area contributed by atoms with E-state index in [1.807, 2.05) is 49.4 Å². The van der Waals surface area contributed by atoms with Crippen LogP contribution in [-0.2, 0) is 11.0 Å². The second-order valence-corrected chi connectivity index (χ2v) is 9.75. The number of ether oxygens (including phenoxy) is 1. The Morgan fingerprint density at radius 1 is 0.971 bits per heavy atom. The molecule has 1 N–H and O–H groups in total. The number of hydrogen-bond acceptors (Lipinski definition) is 5. The van der Waals surface area contributed by atoms with E-state index < -0.39 is 11.0 Å². The Labute approximate surface area is 210 Å². The number of rotatable bonds is 6. The topological polar surface area (TPSA) is 77.2 Å². The highest BCUT2D eigenvalue weighted by Crippen LogP contribution is 2.39. The molecule has 0 bridgehead atoms. The summed E-state index contributed by atoms with van der Waals surface area (Å²) in [5.74, 6) is 1.16. The maximum absolute atomic E-state index is 12.7. The molecule has 6 nitrogen and oxygen atoms in total. The van der Waals surface area contributed by atoms with Crippen molar-refractivity contribution in [3.8, 4) is 28.1 Å². The first-order valence-corrected chi connectivity index (χ1v) is 12.4. The number of nitrogens with one attached hydrogen (secondary N) is 1. The van der Waals surface area contributed by atoms with Gasteiger partial charge in [-0.25, -0.2) is 4.21 Å². The molecule has 1 atom stereocenters. The van der Waals surface area contributed by atoms with Gasteiger partial charge < -0.3 is 9.26 Å². The van der Waals surface area contributed by atoms with Crippen molar-refractivity contribution in [3.05, 3.63) is 89.3 Å². The number of benzene rings is 3. The molecule has 0 radical (unpaired) electrons. The number of aryl methyl sites for hydroxylation is 2. The van der Waals surface area contributed by atoms with Crippen LogP contribution < -0.4 is 9.46 Å². The van der Waals surface area contributed by atoms with Gasteiger partial charge in [0.05, 0.1) is 17.7 Å². The predicted octanol–water partition coefficient (Wildman–Crippen LogP) is 6.97. The van der Waals surface area contributed by atoms with E-state index >= 15 is 0 Å². The summed E-state index contributed by atoms with van der Waals surface area (Å²) >= 11 is 6.23. The predicted molar refractivity (Wildman–Crippen MR) is 140 cm³/mol. The highest BCUT2D eigenvalue weighted by Gasteiger charge is 2.16. The Morgan fingerprint density at radius 2 is 1.83 bits per heavy atom. The van der Waals surface area contributed by atoms with Crippen molar-refractivity contribution < 1.29 is 13.5 Å². The van der Waals surface area contributed by atoms with Crippen LogP contribution in [0.25, 0.3) is 33.2 Å². The minimum atomic E-state index is -1.48. The Bertz CT molecular complexity index is 1570. The van der Waals surface area contributed by atoms with E-state index in [0.717, 1.165) is 55.1 Å². The largest absolute Gasteiger partial charge is 0.496 e. The molecular formula is C27H22ClN3O3S. The van der Waals surface area contributed by atoms with E-state index in [1.165, 1.54) is 6.26 Å². The smallest absolute Gasteiger partial charge is 0.181 e. The van der Waals surface area contributed by atoms with Gasteiger partial charge >= 0.3 is 0 Å². The Morgan fingerprint density at radius 3 is 2.57 bits per heavy atom. The second kappa shape index (κ2) is 9.52. The van der Waals surface area contributed by atoms with E-state index in [0.29, 0.717) is 10.7 Å². The van der Waals surface area contributed by atoms with Gasteiger partial charge in [0.15, 0.2) is 16.8 Å². The van der Waals surface area contributed by atoms with Crippen molar-refractivity contribution >= 4 is 39.2 Å². The average molecular weight is 504 g/mol. The lowest BCUT2D eigenvalue weighted by atomic mass is 9.94. The van der Waals surface area contributed by atoms with Crippen LogP contribution >= 0.6 is 11.6 Å².